The van der Waals surface area contributed by atoms with Crippen LogP contribution in [0.1, 0.15) is 30.9 Å². The lowest BCUT2D eigenvalue weighted by atomic mass is 10.1. The first-order valence-corrected chi connectivity index (χ1v) is 5.79. The Labute approximate surface area is 91.4 Å². The molecule has 0 saturated heterocycles. The van der Waals surface area contributed by atoms with Crippen LogP contribution in [0, 0.1) is 0 Å². The fourth-order valence-electron chi connectivity index (χ4n) is 1.96. The maximum atomic E-state index is 5.81. The molecule has 1 aliphatic rings. The van der Waals surface area contributed by atoms with E-state index >= 15 is 0 Å². The SMILES string of the molecule is CCC(N)COc1ccc2c(c1)CCC2. The largest absolute Gasteiger partial charge is 0.492 e. The van der Waals surface area contributed by atoms with E-state index in [1.807, 2.05) is 0 Å². The molecule has 0 radical (unpaired) electrons. The van der Waals surface area contributed by atoms with Gasteiger partial charge >= 0.3 is 0 Å². The number of hydrogen-bond acceptors (Lipinski definition) is 2. The Balaban J connectivity index is 1.98. The molecular formula is C13H19NO. The van der Waals surface area contributed by atoms with Gasteiger partial charge in [-0.25, -0.2) is 0 Å². The topological polar surface area (TPSA) is 35.2 Å². The maximum Gasteiger partial charge on any atom is 0.119 e. The summed E-state index contributed by atoms with van der Waals surface area (Å²) in [6, 6.07) is 6.57. The van der Waals surface area contributed by atoms with Gasteiger partial charge in [0.15, 0.2) is 0 Å². The van der Waals surface area contributed by atoms with E-state index in [0.29, 0.717) is 6.61 Å². The molecule has 0 amide bonds. The van der Waals surface area contributed by atoms with Crippen LogP contribution in [-0.4, -0.2) is 12.6 Å². The Bertz CT molecular complexity index is 335. The first-order valence-electron chi connectivity index (χ1n) is 5.79. The van der Waals surface area contributed by atoms with Gasteiger partial charge in [-0.05, 0) is 48.9 Å². The second kappa shape index (κ2) is 4.67. The molecule has 0 aromatic heterocycles. The van der Waals surface area contributed by atoms with Crippen molar-refractivity contribution in [2.75, 3.05) is 6.61 Å². The maximum absolute atomic E-state index is 5.81. The molecule has 1 aliphatic carbocycles. The van der Waals surface area contributed by atoms with E-state index in [0.717, 1.165) is 12.2 Å². The van der Waals surface area contributed by atoms with Gasteiger partial charge in [0, 0.05) is 6.04 Å². The van der Waals surface area contributed by atoms with Gasteiger partial charge in [-0.1, -0.05) is 13.0 Å². The van der Waals surface area contributed by atoms with Crippen LogP contribution in [0.4, 0.5) is 0 Å². The molecule has 0 fully saturated rings. The van der Waals surface area contributed by atoms with Crippen LogP contribution < -0.4 is 10.5 Å². The van der Waals surface area contributed by atoms with Crippen LogP contribution in [0.5, 0.6) is 5.75 Å². The van der Waals surface area contributed by atoms with Gasteiger partial charge in [0.2, 0.25) is 0 Å². The van der Waals surface area contributed by atoms with Crippen molar-refractivity contribution in [2.45, 2.75) is 38.6 Å². The Hall–Kier alpha value is -1.02. The summed E-state index contributed by atoms with van der Waals surface area (Å²) in [4.78, 5) is 0. The first-order chi connectivity index (χ1) is 7.29. The normalized spacial score (nSPS) is 16.1. The van der Waals surface area contributed by atoms with Crippen LogP contribution in [0.25, 0.3) is 0 Å². The zero-order valence-electron chi connectivity index (χ0n) is 9.33. The van der Waals surface area contributed by atoms with Gasteiger partial charge in [0.25, 0.3) is 0 Å². The first kappa shape index (κ1) is 10.5. The third-order valence-electron chi connectivity index (χ3n) is 3.06. The molecule has 0 spiro atoms. The second-order valence-electron chi connectivity index (χ2n) is 4.26. The molecular weight excluding hydrogens is 186 g/mol. The van der Waals surface area contributed by atoms with Gasteiger partial charge in [0.1, 0.15) is 12.4 Å². The number of fused-ring (bicyclic) bond motifs is 1. The Kier molecular flexibility index (Phi) is 3.27. The summed E-state index contributed by atoms with van der Waals surface area (Å²) in [5.41, 5.74) is 8.75. The average Bonchev–Trinajstić information content (AvgIpc) is 2.72. The van der Waals surface area contributed by atoms with Crippen LogP contribution in [0.15, 0.2) is 18.2 Å². The lowest BCUT2D eigenvalue weighted by molar-refractivity contribution is 0.285. The summed E-state index contributed by atoms with van der Waals surface area (Å²) >= 11 is 0. The summed E-state index contributed by atoms with van der Waals surface area (Å²) in [6.07, 6.45) is 4.68. The Morgan fingerprint density at radius 2 is 2.13 bits per heavy atom. The standard InChI is InChI=1S/C13H19NO/c1-2-12(14)9-15-13-7-6-10-4-3-5-11(10)8-13/h6-8,12H,2-5,9,14H2,1H3. The van der Waals surface area contributed by atoms with Crippen molar-refractivity contribution in [2.24, 2.45) is 5.73 Å². The minimum Gasteiger partial charge on any atom is -0.492 e. The van der Waals surface area contributed by atoms with Gasteiger partial charge in [-0.15, -0.1) is 0 Å². The van der Waals surface area contributed by atoms with Crippen molar-refractivity contribution >= 4 is 0 Å². The summed E-state index contributed by atoms with van der Waals surface area (Å²) in [7, 11) is 0. The molecule has 1 atom stereocenters. The molecule has 0 bridgehead atoms. The van der Waals surface area contributed by atoms with Gasteiger partial charge in [-0.2, -0.15) is 0 Å². The van der Waals surface area contributed by atoms with Crippen molar-refractivity contribution in [3.63, 3.8) is 0 Å². The van der Waals surface area contributed by atoms with Gasteiger partial charge in [0.05, 0.1) is 0 Å². The van der Waals surface area contributed by atoms with E-state index in [1.165, 1.54) is 30.4 Å². The quantitative estimate of drug-likeness (QED) is 0.818. The summed E-state index contributed by atoms with van der Waals surface area (Å²) < 4.78 is 5.66. The third-order valence-corrected chi connectivity index (χ3v) is 3.06. The number of aryl methyl sites for hydroxylation is 2. The highest BCUT2D eigenvalue weighted by atomic mass is 16.5. The number of benzene rings is 1. The number of hydrogen-bond donors (Lipinski definition) is 1. The zero-order valence-corrected chi connectivity index (χ0v) is 9.33. The average molecular weight is 205 g/mol. The van der Waals surface area contributed by atoms with E-state index in [4.69, 9.17) is 10.5 Å². The lowest BCUT2D eigenvalue weighted by Gasteiger charge is -2.11. The highest BCUT2D eigenvalue weighted by Gasteiger charge is 2.11. The molecule has 2 nitrogen and oxygen atoms in total. The minimum absolute atomic E-state index is 0.151. The molecule has 0 heterocycles. The van der Waals surface area contributed by atoms with Gasteiger partial charge < -0.3 is 10.5 Å². The minimum atomic E-state index is 0.151. The predicted octanol–water partition coefficient (Wildman–Crippen LogP) is 2.29. The van der Waals surface area contributed by atoms with Crippen molar-refractivity contribution in [1.82, 2.24) is 0 Å². The highest BCUT2D eigenvalue weighted by molar-refractivity contribution is 5.38. The molecule has 0 aliphatic heterocycles. The zero-order chi connectivity index (χ0) is 10.7. The molecule has 1 aromatic carbocycles. The molecule has 2 rings (SSSR count). The molecule has 1 unspecified atom stereocenters. The molecule has 0 saturated carbocycles. The lowest BCUT2D eigenvalue weighted by Crippen LogP contribution is -2.26. The van der Waals surface area contributed by atoms with Crippen molar-refractivity contribution in [1.29, 1.82) is 0 Å². The molecule has 82 valence electrons. The van der Waals surface area contributed by atoms with E-state index < -0.39 is 0 Å². The molecule has 1 aromatic rings. The number of nitrogens with two attached hydrogens (primary N) is 1. The van der Waals surface area contributed by atoms with Crippen molar-refractivity contribution in [3.8, 4) is 5.75 Å². The number of rotatable bonds is 4. The van der Waals surface area contributed by atoms with E-state index in [9.17, 15) is 0 Å². The number of ether oxygens (including phenoxy) is 1. The molecule has 15 heavy (non-hydrogen) atoms. The second-order valence-corrected chi connectivity index (χ2v) is 4.26. The highest BCUT2D eigenvalue weighted by Crippen LogP contribution is 2.25. The van der Waals surface area contributed by atoms with Crippen LogP contribution in [-0.2, 0) is 12.8 Å². The van der Waals surface area contributed by atoms with E-state index in [1.54, 1.807) is 0 Å². The predicted molar refractivity (Wildman–Crippen MR) is 62.2 cm³/mol. The molecule has 2 heteroatoms. The van der Waals surface area contributed by atoms with E-state index in [-0.39, 0.29) is 6.04 Å². The monoisotopic (exact) mass is 205 g/mol. The summed E-state index contributed by atoms with van der Waals surface area (Å²) in [6.45, 7) is 2.70. The van der Waals surface area contributed by atoms with E-state index in [2.05, 4.69) is 25.1 Å². The summed E-state index contributed by atoms with van der Waals surface area (Å²) in [5, 5.41) is 0. The van der Waals surface area contributed by atoms with Crippen molar-refractivity contribution in [3.05, 3.63) is 29.3 Å². The fraction of sp³-hybridized carbons (Fsp3) is 0.538. The van der Waals surface area contributed by atoms with Crippen molar-refractivity contribution < 1.29 is 4.74 Å². The van der Waals surface area contributed by atoms with Gasteiger partial charge in [-0.3, -0.25) is 0 Å². The van der Waals surface area contributed by atoms with Crippen LogP contribution >= 0.6 is 0 Å². The van der Waals surface area contributed by atoms with Crippen LogP contribution in [0.2, 0.25) is 0 Å². The molecule has 2 N–H and O–H groups in total. The third kappa shape index (κ3) is 2.51. The smallest absolute Gasteiger partial charge is 0.119 e. The van der Waals surface area contributed by atoms with Crippen LogP contribution in [0.3, 0.4) is 0 Å². The Morgan fingerprint density at radius 1 is 1.33 bits per heavy atom. The summed E-state index contributed by atoms with van der Waals surface area (Å²) in [5.74, 6) is 0.972. The Morgan fingerprint density at radius 3 is 2.93 bits per heavy atom. The fourth-order valence-corrected chi connectivity index (χ4v) is 1.96.